The van der Waals surface area contributed by atoms with E-state index in [1.54, 1.807) is 34.3 Å². The van der Waals surface area contributed by atoms with Gasteiger partial charge in [0.05, 0.1) is 25.0 Å². The van der Waals surface area contributed by atoms with E-state index in [0.29, 0.717) is 22.5 Å². The highest BCUT2D eigenvalue weighted by Gasteiger charge is 2.22. The van der Waals surface area contributed by atoms with Gasteiger partial charge in [-0.15, -0.1) is 0 Å². The molecular formula is C26H25FN4O4. The lowest BCUT2D eigenvalue weighted by atomic mass is 9.99. The van der Waals surface area contributed by atoms with E-state index in [9.17, 15) is 9.59 Å². The van der Waals surface area contributed by atoms with Crippen molar-refractivity contribution in [2.45, 2.75) is 6.92 Å². The van der Waals surface area contributed by atoms with Gasteiger partial charge in [-0.05, 0) is 36.8 Å². The van der Waals surface area contributed by atoms with E-state index in [1.165, 1.54) is 17.0 Å². The number of methoxy groups -OCH3 is 1. The highest BCUT2D eigenvalue weighted by Crippen LogP contribution is 2.37. The summed E-state index contributed by atoms with van der Waals surface area (Å²) in [6.07, 6.45) is 2.60. The average Bonchev–Trinajstić information content (AvgIpc) is 3.27. The number of halogens is 1. The van der Waals surface area contributed by atoms with E-state index in [4.69, 9.17) is 9.47 Å². The Labute approximate surface area is 201 Å². The number of carbonyl (C=O) groups excluding carboxylic acids is 2. The molecule has 0 fully saturated rings. The Kier molecular flexibility index (Phi) is 6.68. The molecule has 0 radical (unpaired) electrons. The lowest BCUT2D eigenvalue weighted by molar-refractivity contribution is 0.0828. The fourth-order valence-electron chi connectivity index (χ4n) is 3.83. The minimum absolute atomic E-state index is 0.00262. The Morgan fingerprint density at radius 2 is 1.89 bits per heavy atom. The molecule has 2 N–H and O–H groups in total. The number of benzene rings is 2. The lowest BCUT2D eigenvalue weighted by Crippen LogP contribution is -2.25. The van der Waals surface area contributed by atoms with Gasteiger partial charge >= 0.3 is 6.09 Å². The van der Waals surface area contributed by atoms with E-state index in [1.807, 2.05) is 36.5 Å². The number of rotatable bonds is 6. The summed E-state index contributed by atoms with van der Waals surface area (Å²) in [5, 5.41) is 3.15. The molecule has 2 amide bonds. The molecule has 0 aliphatic carbocycles. The van der Waals surface area contributed by atoms with Gasteiger partial charge in [0, 0.05) is 48.6 Å². The van der Waals surface area contributed by atoms with Gasteiger partial charge < -0.3 is 19.4 Å². The van der Waals surface area contributed by atoms with Gasteiger partial charge in [0.15, 0.2) is 0 Å². The zero-order valence-electron chi connectivity index (χ0n) is 19.8. The number of carbonyl (C=O) groups is 2. The fraction of sp³-hybridized carbons (Fsp3) is 0.192. The van der Waals surface area contributed by atoms with Crippen LogP contribution >= 0.6 is 0 Å². The van der Waals surface area contributed by atoms with Crippen molar-refractivity contribution in [2.75, 3.05) is 33.1 Å². The molecule has 2 heterocycles. The molecule has 0 bridgehead atoms. The van der Waals surface area contributed by atoms with Crippen molar-refractivity contribution in [2.24, 2.45) is 0 Å². The average molecular weight is 477 g/mol. The first-order valence-corrected chi connectivity index (χ1v) is 10.9. The standard InChI is InChI=1S/C26H25FN4O4/c1-5-35-26(33)30-23-19(25(32)31(2)3)10-15(12-21(23)27)16-11-18-20(14-29-24(18)28-13-16)17-8-6-7-9-22(17)34-4/h6-14H,5H2,1-4H3,(H,28,29)(H,30,33). The first-order chi connectivity index (χ1) is 16.8. The molecular weight excluding hydrogens is 451 g/mol. The van der Waals surface area contributed by atoms with Gasteiger partial charge in [-0.3, -0.25) is 10.1 Å². The molecule has 9 heteroatoms. The molecule has 35 heavy (non-hydrogen) atoms. The molecule has 2 aromatic heterocycles. The van der Waals surface area contributed by atoms with Crippen LogP contribution in [0.2, 0.25) is 0 Å². The SMILES string of the molecule is CCOC(=O)Nc1c(F)cc(-c2cnc3[nH]cc(-c4ccccc4OC)c3c2)cc1C(=O)N(C)C. The Balaban J connectivity index is 1.85. The van der Waals surface area contributed by atoms with Crippen LogP contribution in [-0.2, 0) is 4.74 Å². The number of nitrogens with one attached hydrogen (secondary N) is 2. The predicted molar refractivity (Wildman–Crippen MR) is 132 cm³/mol. The molecule has 4 aromatic rings. The van der Waals surface area contributed by atoms with Crippen LogP contribution in [0.3, 0.4) is 0 Å². The monoisotopic (exact) mass is 476 g/mol. The molecule has 0 spiro atoms. The molecule has 0 saturated carbocycles. The normalized spacial score (nSPS) is 10.8. The van der Waals surface area contributed by atoms with Crippen LogP contribution in [0, 0.1) is 5.82 Å². The van der Waals surface area contributed by atoms with Crippen LogP contribution in [0.15, 0.2) is 54.9 Å². The number of pyridine rings is 1. The van der Waals surface area contributed by atoms with Gasteiger partial charge in [0.1, 0.15) is 17.2 Å². The highest BCUT2D eigenvalue weighted by atomic mass is 19.1. The Hall–Kier alpha value is -4.40. The van der Waals surface area contributed by atoms with Gasteiger partial charge in [-0.2, -0.15) is 0 Å². The third-order valence-electron chi connectivity index (χ3n) is 5.49. The number of para-hydroxylation sites is 1. The Morgan fingerprint density at radius 1 is 1.11 bits per heavy atom. The summed E-state index contributed by atoms with van der Waals surface area (Å²) in [5.74, 6) is -0.527. The van der Waals surface area contributed by atoms with Crippen molar-refractivity contribution in [3.8, 4) is 28.0 Å². The number of nitrogens with zero attached hydrogens (tertiary/aromatic N) is 2. The maximum absolute atomic E-state index is 15.2. The molecule has 0 saturated heterocycles. The number of H-pyrrole nitrogens is 1. The second kappa shape index (κ2) is 9.84. The number of fused-ring (bicyclic) bond motifs is 1. The third-order valence-corrected chi connectivity index (χ3v) is 5.49. The zero-order valence-corrected chi connectivity index (χ0v) is 19.8. The van der Waals surface area contributed by atoms with Crippen LogP contribution in [0.4, 0.5) is 14.9 Å². The molecule has 0 atom stereocenters. The largest absolute Gasteiger partial charge is 0.496 e. The van der Waals surface area contributed by atoms with E-state index in [-0.39, 0.29) is 17.9 Å². The number of hydrogen-bond acceptors (Lipinski definition) is 5. The second-order valence-electron chi connectivity index (χ2n) is 7.95. The van der Waals surface area contributed by atoms with Gasteiger partial charge in [0.2, 0.25) is 0 Å². The summed E-state index contributed by atoms with van der Waals surface area (Å²) in [7, 11) is 4.71. The molecule has 0 aliphatic rings. The van der Waals surface area contributed by atoms with Crippen LogP contribution in [0.1, 0.15) is 17.3 Å². The summed E-state index contributed by atoms with van der Waals surface area (Å²) in [5.41, 5.74) is 3.20. The Bertz CT molecular complexity index is 1410. The highest BCUT2D eigenvalue weighted by molar-refractivity contribution is 6.04. The van der Waals surface area contributed by atoms with Crippen molar-refractivity contribution in [3.05, 3.63) is 66.2 Å². The van der Waals surface area contributed by atoms with E-state index < -0.39 is 17.8 Å². The number of amides is 2. The first-order valence-electron chi connectivity index (χ1n) is 10.9. The van der Waals surface area contributed by atoms with Crippen molar-refractivity contribution in [1.29, 1.82) is 0 Å². The van der Waals surface area contributed by atoms with Crippen LogP contribution < -0.4 is 10.1 Å². The number of hydrogen-bond donors (Lipinski definition) is 2. The minimum Gasteiger partial charge on any atom is -0.496 e. The van der Waals surface area contributed by atoms with E-state index >= 15 is 4.39 Å². The summed E-state index contributed by atoms with van der Waals surface area (Å²) in [6.45, 7) is 1.74. The molecule has 0 unspecified atom stereocenters. The summed E-state index contributed by atoms with van der Waals surface area (Å²) in [4.78, 5) is 33.8. The predicted octanol–water partition coefficient (Wildman–Crippen LogP) is 5.31. The maximum Gasteiger partial charge on any atom is 0.411 e. The second-order valence-corrected chi connectivity index (χ2v) is 7.95. The van der Waals surface area contributed by atoms with Gasteiger partial charge in [-0.25, -0.2) is 14.2 Å². The summed E-state index contributed by atoms with van der Waals surface area (Å²) in [6, 6.07) is 12.3. The Morgan fingerprint density at radius 3 is 2.60 bits per heavy atom. The maximum atomic E-state index is 15.2. The number of anilines is 1. The molecule has 8 nitrogen and oxygen atoms in total. The minimum atomic E-state index is -0.844. The molecule has 180 valence electrons. The fourth-order valence-corrected chi connectivity index (χ4v) is 3.83. The number of aromatic nitrogens is 2. The third kappa shape index (κ3) is 4.65. The first kappa shape index (κ1) is 23.7. The van der Waals surface area contributed by atoms with Crippen LogP contribution in [0.25, 0.3) is 33.3 Å². The van der Waals surface area contributed by atoms with Gasteiger partial charge in [-0.1, -0.05) is 18.2 Å². The topological polar surface area (TPSA) is 96.5 Å². The van der Waals surface area contributed by atoms with Crippen LogP contribution in [-0.4, -0.2) is 54.7 Å². The lowest BCUT2D eigenvalue weighted by Gasteiger charge is -2.17. The van der Waals surface area contributed by atoms with Crippen molar-refractivity contribution < 1.29 is 23.5 Å². The van der Waals surface area contributed by atoms with Crippen molar-refractivity contribution in [1.82, 2.24) is 14.9 Å². The molecule has 0 aliphatic heterocycles. The summed E-state index contributed by atoms with van der Waals surface area (Å²) >= 11 is 0. The van der Waals surface area contributed by atoms with E-state index in [0.717, 1.165) is 16.5 Å². The van der Waals surface area contributed by atoms with Crippen molar-refractivity contribution in [3.63, 3.8) is 0 Å². The molecule has 2 aromatic carbocycles. The van der Waals surface area contributed by atoms with Gasteiger partial charge in [0.25, 0.3) is 5.91 Å². The zero-order chi connectivity index (χ0) is 25.1. The number of aromatic amines is 1. The number of ether oxygens (including phenoxy) is 2. The quantitative estimate of drug-likeness (QED) is 0.393. The van der Waals surface area contributed by atoms with E-state index in [2.05, 4.69) is 15.3 Å². The van der Waals surface area contributed by atoms with Crippen LogP contribution in [0.5, 0.6) is 5.75 Å². The molecule has 4 rings (SSSR count). The van der Waals surface area contributed by atoms with Crippen molar-refractivity contribution >= 4 is 28.7 Å². The summed E-state index contributed by atoms with van der Waals surface area (Å²) < 4.78 is 25.6. The smallest absolute Gasteiger partial charge is 0.411 e.